The Morgan fingerprint density at radius 1 is 1.18 bits per heavy atom. The molecule has 140 valence electrons. The molecule has 2 N–H and O–H groups in total. The molecule has 3 aromatic rings. The number of rotatable bonds is 6. The molecule has 2 aromatic carbocycles. The molecular weight excluding hydrogens is 378 g/mol. The van der Waals surface area contributed by atoms with Crippen LogP contribution in [0.2, 0.25) is 5.02 Å². The number of ether oxygens (including phenoxy) is 1. The second-order valence-electron chi connectivity index (χ2n) is 5.62. The van der Waals surface area contributed by atoms with E-state index in [0.717, 1.165) is 5.69 Å². The summed E-state index contributed by atoms with van der Waals surface area (Å²) in [6.45, 7) is 2.04. The summed E-state index contributed by atoms with van der Waals surface area (Å²) in [4.78, 5) is 20.3. The van der Waals surface area contributed by atoms with Crippen LogP contribution in [-0.4, -0.2) is 22.5 Å². The van der Waals surface area contributed by atoms with Gasteiger partial charge in [0.1, 0.15) is 5.82 Å². The van der Waals surface area contributed by atoms with Gasteiger partial charge in [0.25, 0.3) is 0 Å². The molecule has 1 heterocycles. The Hall–Kier alpha value is -3.63. The minimum absolute atomic E-state index is 0.298. The molecule has 0 fully saturated rings. The van der Waals surface area contributed by atoms with Crippen molar-refractivity contribution in [2.24, 2.45) is 0 Å². The van der Waals surface area contributed by atoms with Crippen molar-refractivity contribution in [2.45, 2.75) is 6.92 Å². The zero-order valence-corrected chi connectivity index (χ0v) is 15.7. The number of anilines is 4. The molecule has 1 aromatic heterocycles. The molecule has 3 rings (SSSR count). The lowest BCUT2D eigenvalue weighted by molar-refractivity contribution is 0.0526. The normalized spacial score (nSPS) is 10.0. The molecule has 8 heteroatoms. The summed E-state index contributed by atoms with van der Waals surface area (Å²) in [6, 6.07) is 15.6. The topological polar surface area (TPSA) is 99.9 Å². The Balaban J connectivity index is 1.73. The quantitative estimate of drug-likeness (QED) is 0.587. The van der Waals surface area contributed by atoms with Crippen molar-refractivity contribution in [3.63, 3.8) is 0 Å². The number of hydrogen-bond acceptors (Lipinski definition) is 7. The summed E-state index contributed by atoms with van der Waals surface area (Å²) in [6.07, 6.45) is 1.60. The van der Waals surface area contributed by atoms with Crippen LogP contribution in [0.1, 0.15) is 22.8 Å². The second kappa shape index (κ2) is 8.84. The number of nitrogens with one attached hydrogen (secondary N) is 2. The van der Waals surface area contributed by atoms with Crippen molar-refractivity contribution >= 4 is 40.7 Å². The van der Waals surface area contributed by atoms with Gasteiger partial charge in [-0.15, -0.1) is 0 Å². The molecule has 0 bridgehead atoms. The molecule has 0 saturated carbocycles. The van der Waals surface area contributed by atoms with Crippen molar-refractivity contribution in [1.82, 2.24) is 9.97 Å². The van der Waals surface area contributed by atoms with Gasteiger partial charge in [-0.1, -0.05) is 11.6 Å². The van der Waals surface area contributed by atoms with Crippen molar-refractivity contribution in [1.29, 1.82) is 5.26 Å². The number of benzene rings is 2. The molecular formula is C20H16ClN5O2. The van der Waals surface area contributed by atoms with E-state index in [1.54, 1.807) is 61.7 Å². The summed E-state index contributed by atoms with van der Waals surface area (Å²) in [5, 5.41) is 15.4. The fourth-order valence-corrected chi connectivity index (χ4v) is 2.57. The number of esters is 1. The largest absolute Gasteiger partial charge is 0.462 e. The fourth-order valence-electron chi connectivity index (χ4n) is 2.34. The van der Waals surface area contributed by atoms with Crippen LogP contribution in [0.3, 0.4) is 0 Å². The molecule has 0 aliphatic heterocycles. The van der Waals surface area contributed by atoms with Gasteiger partial charge in [-0.2, -0.15) is 10.2 Å². The number of aromatic nitrogens is 2. The smallest absolute Gasteiger partial charge is 0.338 e. The highest BCUT2D eigenvalue weighted by Gasteiger charge is 2.10. The SMILES string of the molecule is CCOC(=O)c1ccc(Nc2ccnc(Nc3ccc(C#N)cc3)n2)c(Cl)c1. The highest BCUT2D eigenvalue weighted by atomic mass is 35.5. The van der Waals surface area contributed by atoms with Crippen LogP contribution in [0.5, 0.6) is 0 Å². The predicted molar refractivity (Wildman–Crippen MR) is 107 cm³/mol. The summed E-state index contributed by atoms with van der Waals surface area (Å²) in [5.41, 5.74) is 2.30. The van der Waals surface area contributed by atoms with Crippen LogP contribution >= 0.6 is 11.6 Å². The molecule has 0 radical (unpaired) electrons. The highest BCUT2D eigenvalue weighted by Crippen LogP contribution is 2.26. The average Bonchev–Trinajstić information content (AvgIpc) is 2.70. The molecule has 0 saturated heterocycles. The van der Waals surface area contributed by atoms with Crippen molar-refractivity contribution < 1.29 is 9.53 Å². The molecule has 0 aliphatic rings. The Labute approximate surface area is 167 Å². The number of nitriles is 1. The lowest BCUT2D eigenvalue weighted by Gasteiger charge is -2.11. The van der Waals surface area contributed by atoms with Crippen LogP contribution in [0.25, 0.3) is 0 Å². The van der Waals surface area contributed by atoms with Gasteiger partial charge in [0.2, 0.25) is 5.95 Å². The van der Waals surface area contributed by atoms with Gasteiger partial charge in [-0.05, 0) is 55.5 Å². The fraction of sp³-hybridized carbons (Fsp3) is 0.100. The maximum Gasteiger partial charge on any atom is 0.338 e. The number of carbonyl (C=O) groups excluding carboxylic acids is 1. The maximum absolute atomic E-state index is 11.8. The minimum atomic E-state index is -0.424. The Bertz CT molecular complexity index is 1030. The van der Waals surface area contributed by atoms with Gasteiger partial charge in [0.15, 0.2) is 0 Å². The van der Waals surface area contributed by atoms with E-state index in [0.29, 0.717) is 40.2 Å². The van der Waals surface area contributed by atoms with Crippen molar-refractivity contribution in [3.05, 3.63) is 70.9 Å². The summed E-state index contributed by atoms with van der Waals surface area (Å²) in [5.74, 6) is 0.484. The summed E-state index contributed by atoms with van der Waals surface area (Å²) >= 11 is 6.27. The van der Waals surface area contributed by atoms with E-state index < -0.39 is 5.97 Å². The van der Waals surface area contributed by atoms with Gasteiger partial charge in [-0.3, -0.25) is 0 Å². The third-order valence-electron chi connectivity index (χ3n) is 3.67. The van der Waals surface area contributed by atoms with Crippen LogP contribution in [-0.2, 0) is 4.74 Å². The minimum Gasteiger partial charge on any atom is -0.462 e. The van der Waals surface area contributed by atoms with E-state index in [-0.39, 0.29) is 0 Å². The van der Waals surface area contributed by atoms with E-state index in [9.17, 15) is 4.79 Å². The molecule has 0 aliphatic carbocycles. The van der Waals surface area contributed by atoms with Crippen LogP contribution in [0.15, 0.2) is 54.7 Å². The van der Waals surface area contributed by atoms with E-state index in [4.69, 9.17) is 21.6 Å². The number of halogens is 1. The highest BCUT2D eigenvalue weighted by molar-refractivity contribution is 6.33. The third-order valence-corrected chi connectivity index (χ3v) is 3.98. The maximum atomic E-state index is 11.8. The first-order valence-electron chi connectivity index (χ1n) is 8.43. The van der Waals surface area contributed by atoms with Crippen molar-refractivity contribution in [3.8, 4) is 6.07 Å². The molecule has 7 nitrogen and oxygen atoms in total. The summed E-state index contributed by atoms with van der Waals surface area (Å²) < 4.78 is 4.96. The van der Waals surface area contributed by atoms with Gasteiger partial charge in [0.05, 0.1) is 34.5 Å². The first-order chi connectivity index (χ1) is 13.6. The molecule has 0 atom stereocenters. The van der Waals surface area contributed by atoms with Gasteiger partial charge < -0.3 is 15.4 Å². The molecule has 0 spiro atoms. The molecule has 0 amide bonds. The van der Waals surface area contributed by atoms with E-state index in [1.165, 1.54) is 0 Å². The number of nitrogens with zero attached hydrogens (tertiary/aromatic N) is 3. The van der Waals surface area contributed by atoms with Gasteiger partial charge in [-0.25, -0.2) is 9.78 Å². The van der Waals surface area contributed by atoms with E-state index in [2.05, 4.69) is 26.7 Å². The lowest BCUT2D eigenvalue weighted by atomic mass is 10.2. The molecule has 0 unspecified atom stereocenters. The third kappa shape index (κ3) is 4.75. The van der Waals surface area contributed by atoms with Crippen molar-refractivity contribution in [2.75, 3.05) is 17.2 Å². The Kier molecular flexibility index (Phi) is 6.04. The number of carbonyl (C=O) groups is 1. The average molecular weight is 394 g/mol. The Morgan fingerprint density at radius 3 is 2.64 bits per heavy atom. The monoisotopic (exact) mass is 393 g/mol. The zero-order chi connectivity index (χ0) is 19.9. The van der Waals surface area contributed by atoms with Crippen LogP contribution < -0.4 is 10.6 Å². The van der Waals surface area contributed by atoms with Gasteiger partial charge in [0, 0.05) is 11.9 Å². The second-order valence-corrected chi connectivity index (χ2v) is 6.03. The Morgan fingerprint density at radius 2 is 1.96 bits per heavy atom. The summed E-state index contributed by atoms with van der Waals surface area (Å²) in [7, 11) is 0. The first kappa shape index (κ1) is 19.1. The zero-order valence-electron chi connectivity index (χ0n) is 14.9. The van der Waals surface area contributed by atoms with Crippen LogP contribution in [0, 0.1) is 11.3 Å². The van der Waals surface area contributed by atoms with E-state index in [1.807, 2.05) is 0 Å². The standard InChI is InChI=1S/C20H16ClN5O2/c1-2-28-19(27)14-5-8-17(16(21)11-14)25-18-9-10-23-20(26-18)24-15-6-3-13(12-22)4-7-15/h3-11H,2H2,1H3,(H2,23,24,25,26). The molecule has 28 heavy (non-hydrogen) atoms. The predicted octanol–water partition coefficient (Wildman–Crippen LogP) is 4.67. The van der Waals surface area contributed by atoms with Crippen LogP contribution in [0.4, 0.5) is 23.1 Å². The lowest BCUT2D eigenvalue weighted by Crippen LogP contribution is -2.05. The van der Waals surface area contributed by atoms with E-state index >= 15 is 0 Å². The first-order valence-corrected chi connectivity index (χ1v) is 8.81. The van der Waals surface area contributed by atoms with Gasteiger partial charge >= 0.3 is 5.97 Å². The number of hydrogen-bond donors (Lipinski definition) is 2.